The van der Waals surface area contributed by atoms with Crippen molar-refractivity contribution >= 4 is 5.82 Å². The van der Waals surface area contributed by atoms with Crippen molar-refractivity contribution in [1.82, 2.24) is 19.7 Å². The highest BCUT2D eigenvalue weighted by Gasteiger charge is 2.11. The molecule has 0 aromatic carbocycles. The topological polar surface area (TPSA) is 69.6 Å². The number of nitrogens with two attached hydrogens (primary N) is 1. The standard InChI is InChI=1S/C12H17N5/c1-4-5-9-6-11(13)16-12(15-9)10-7-14-17(3)8(10)2/h6-7H,4-5H2,1-3H3,(H2,13,15,16). The van der Waals surface area contributed by atoms with Crippen LogP contribution in [0.15, 0.2) is 12.3 Å². The van der Waals surface area contributed by atoms with Crippen LogP contribution < -0.4 is 5.73 Å². The molecule has 0 atom stereocenters. The van der Waals surface area contributed by atoms with E-state index < -0.39 is 0 Å². The largest absolute Gasteiger partial charge is 0.384 e. The molecule has 2 aromatic heterocycles. The van der Waals surface area contributed by atoms with E-state index in [1.807, 2.05) is 20.0 Å². The smallest absolute Gasteiger partial charge is 0.165 e. The highest BCUT2D eigenvalue weighted by Crippen LogP contribution is 2.20. The summed E-state index contributed by atoms with van der Waals surface area (Å²) in [5.74, 6) is 1.18. The molecule has 2 heterocycles. The van der Waals surface area contributed by atoms with Gasteiger partial charge in [-0.15, -0.1) is 0 Å². The molecule has 0 saturated carbocycles. The molecule has 0 spiro atoms. The number of hydrogen-bond donors (Lipinski definition) is 1. The number of nitrogens with zero attached hydrogens (tertiary/aromatic N) is 4. The first-order valence-corrected chi connectivity index (χ1v) is 5.74. The zero-order valence-electron chi connectivity index (χ0n) is 10.4. The van der Waals surface area contributed by atoms with Crippen molar-refractivity contribution in [3.05, 3.63) is 23.7 Å². The summed E-state index contributed by atoms with van der Waals surface area (Å²) in [6.07, 6.45) is 3.74. The molecule has 0 fully saturated rings. The minimum atomic E-state index is 0.515. The lowest BCUT2D eigenvalue weighted by molar-refractivity contribution is 0.740. The average molecular weight is 231 g/mol. The monoisotopic (exact) mass is 231 g/mol. The van der Waals surface area contributed by atoms with Crippen LogP contribution in [0, 0.1) is 6.92 Å². The van der Waals surface area contributed by atoms with Gasteiger partial charge in [0.15, 0.2) is 5.82 Å². The minimum Gasteiger partial charge on any atom is -0.384 e. The Morgan fingerprint density at radius 3 is 2.71 bits per heavy atom. The van der Waals surface area contributed by atoms with E-state index >= 15 is 0 Å². The Morgan fingerprint density at radius 2 is 2.12 bits per heavy atom. The summed E-state index contributed by atoms with van der Waals surface area (Å²) in [6, 6.07) is 1.83. The van der Waals surface area contributed by atoms with E-state index in [0.717, 1.165) is 29.8 Å². The van der Waals surface area contributed by atoms with Gasteiger partial charge in [0.25, 0.3) is 0 Å². The summed E-state index contributed by atoms with van der Waals surface area (Å²) >= 11 is 0. The van der Waals surface area contributed by atoms with E-state index in [2.05, 4.69) is 22.0 Å². The fourth-order valence-electron chi connectivity index (χ4n) is 1.74. The summed E-state index contributed by atoms with van der Waals surface area (Å²) in [6.45, 7) is 4.11. The molecular formula is C12H17N5. The number of rotatable bonds is 3. The highest BCUT2D eigenvalue weighted by molar-refractivity contribution is 5.58. The van der Waals surface area contributed by atoms with Gasteiger partial charge >= 0.3 is 0 Å². The molecule has 0 amide bonds. The van der Waals surface area contributed by atoms with Gasteiger partial charge < -0.3 is 5.73 Å². The summed E-state index contributed by atoms with van der Waals surface area (Å²) in [5.41, 5.74) is 8.77. The third-order valence-electron chi connectivity index (χ3n) is 2.78. The summed E-state index contributed by atoms with van der Waals surface area (Å²) in [4.78, 5) is 8.80. The lowest BCUT2D eigenvalue weighted by Crippen LogP contribution is -2.01. The third-order valence-corrected chi connectivity index (χ3v) is 2.78. The molecule has 90 valence electrons. The van der Waals surface area contributed by atoms with Gasteiger partial charge in [0.2, 0.25) is 0 Å². The van der Waals surface area contributed by atoms with Crippen LogP contribution in [0.3, 0.4) is 0 Å². The zero-order valence-corrected chi connectivity index (χ0v) is 10.4. The maximum Gasteiger partial charge on any atom is 0.165 e. The Bertz CT molecular complexity index is 530. The van der Waals surface area contributed by atoms with E-state index in [9.17, 15) is 0 Å². The summed E-state index contributed by atoms with van der Waals surface area (Å²) < 4.78 is 1.81. The number of hydrogen-bond acceptors (Lipinski definition) is 4. The van der Waals surface area contributed by atoms with Crippen LogP contribution in [-0.4, -0.2) is 19.7 Å². The van der Waals surface area contributed by atoms with Crippen LogP contribution in [0.5, 0.6) is 0 Å². The molecule has 5 heteroatoms. The summed E-state index contributed by atoms with van der Waals surface area (Å²) in [7, 11) is 1.90. The zero-order chi connectivity index (χ0) is 12.4. The van der Waals surface area contributed by atoms with Crippen LogP contribution in [0.2, 0.25) is 0 Å². The van der Waals surface area contributed by atoms with Crippen molar-refractivity contribution in [3.63, 3.8) is 0 Å². The Hall–Kier alpha value is -1.91. The molecule has 2 rings (SSSR count). The van der Waals surface area contributed by atoms with E-state index in [0.29, 0.717) is 11.6 Å². The van der Waals surface area contributed by atoms with Crippen molar-refractivity contribution in [2.24, 2.45) is 7.05 Å². The summed E-state index contributed by atoms with van der Waals surface area (Å²) in [5, 5.41) is 4.19. The second kappa shape index (κ2) is 4.53. The average Bonchev–Trinajstić information content (AvgIpc) is 2.59. The maximum atomic E-state index is 5.81. The number of aryl methyl sites for hydroxylation is 2. The van der Waals surface area contributed by atoms with Gasteiger partial charge in [0.05, 0.1) is 11.8 Å². The molecule has 2 N–H and O–H groups in total. The lowest BCUT2D eigenvalue weighted by Gasteiger charge is -2.04. The minimum absolute atomic E-state index is 0.515. The fraction of sp³-hybridized carbons (Fsp3) is 0.417. The van der Waals surface area contributed by atoms with Gasteiger partial charge in [-0.3, -0.25) is 4.68 Å². The molecule has 2 aromatic rings. The van der Waals surface area contributed by atoms with Gasteiger partial charge in [0.1, 0.15) is 5.82 Å². The van der Waals surface area contributed by atoms with E-state index in [1.165, 1.54) is 0 Å². The first-order valence-electron chi connectivity index (χ1n) is 5.74. The second-order valence-electron chi connectivity index (χ2n) is 4.13. The Balaban J connectivity index is 2.48. The van der Waals surface area contributed by atoms with Gasteiger partial charge in [-0.25, -0.2) is 9.97 Å². The molecule has 0 radical (unpaired) electrons. The van der Waals surface area contributed by atoms with Gasteiger partial charge in [-0.05, 0) is 13.3 Å². The maximum absolute atomic E-state index is 5.81. The van der Waals surface area contributed by atoms with Crippen LogP contribution >= 0.6 is 0 Å². The number of aromatic nitrogens is 4. The molecule has 0 aliphatic carbocycles. The molecule has 17 heavy (non-hydrogen) atoms. The van der Waals surface area contributed by atoms with Gasteiger partial charge in [-0.1, -0.05) is 13.3 Å². The normalized spacial score (nSPS) is 10.8. The van der Waals surface area contributed by atoms with Crippen molar-refractivity contribution in [3.8, 4) is 11.4 Å². The van der Waals surface area contributed by atoms with E-state index in [4.69, 9.17) is 5.73 Å². The first-order chi connectivity index (χ1) is 8.11. The molecule has 5 nitrogen and oxygen atoms in total. The Labute approximate surface area is 101 Å². The fourth-order valence-corrected chi connectivity index (χ4v) is 1.74. The van der Waals surface area contributed by atoms with Crippen molar-refractivity contribution in [2.75, 3.05) is 5.73 Å². The molecule has 0 saturated heterocycles. The van der Waals surface area contributed by atoms with E-state index in [-0.39, 0.29) is 0 Å². The third kappa shape index (κ3) is 2.27. The predicted molar refractivity (Wildman–Crippen MR) is 67.4 cm³/mol. The van der Waals surface area contributed by atoms with Crippen molar-refractivity contribution < 1.29 is 0 Å². The number of anilines is 1. The van der Waals surface area contributed by atoms with Crippen molar-refractivity contribution in [2.45, 2.75) is 26.7 Å². The molecule has 0 bridgehead atoms. The molecule has 0 unspecified atom stereocenters. The van der Waals surface area contributed by atoms with Gasteiger partial charge in [-0.2, -0.15) is 5.10 Å². The number of nitrogen functional groups attached to an aromatic ring is 1. The molecule has 0 aliphatic rings. The highest BCUT2D eigenvalue weighted by atomic mass is 15.3. The quantitative estimate of drug-likeness (QED) is 0.873. The predicted octanol–water partition coefficient (Wildman–Crippen LogP) is 1.72. The Kier molecular flexibility index (Phi) is 3.08. The first kappa shape index (κ1) is 11.6. The van der Waals surface area contributed by atoms with Gasteiger partial charge in [0, 0.05) is 24.5 Å². The molecule has 0 aliphatic heterocycles. The molecular weight excluding hydrogens is 214 g/mol. The Morgan fingerprint density at radius 1 is 1.35 bits per heavy atom. The van der Waals surface area contributed by atoms with Crippen LogP contribution in [0.25, 0.3) is 11.4 Å². The van der Waals surface area contributed by atoms with Crippen LogP contribution in [0.1, 0.15) is 24.7 Å². The van der Waals surface area contributed by atoms with Crippen LogP contribution in [-0.2, 0) is 13.5 Å². The lowest BCUT2D eigenvalue weighted by atomic mass is 10.2. The van der Waals surface area contributed by atoms with Crippen molar-refractivity contribution in [1.29, 1.82) is 0 Å². The SMILES string of the molecule is CCCc1cc(N)nc(-c2cnn(C)c2C)n1. The second-order valence-corrected chi connectivity index (χ2v) is 4.13. The van der Waals surface area contributed by atoms with Crippen LogP contribution in [0.4, 0.5) is 5.82 Å². The van der Waals surface area contributed by atoms with E-state index in [1.54, 1.807) is 10.9 Å².